The fraction of sp³-hybridized carbons (Fsp3) is 0.231. The smallest absolute Gasteiger partial charge is 0.408 e. The van der Waals surface area contributed by atoms with Crippen LogP contribution in [0.25, 0.3) is 22.4 Å². The first-order valence-electron chi connectivity index (χ1n) is 5.94. The van der Waals surface area contributed by atoms with E-state index in [4.69, 9.17) is 9.52 Å². The minimum Gasteiger partial charge on any atom is -0.408 e. The summed E-state index contributed by atoms with van der Waals surface area (Å²) in [6.45, 7) is 0.0655. The molecule has 0 amide bonds. The molecule has 3 rings (SSSR count). The summed E-state index contributed by atoms with van der Waals surface area (Å²) in [5.41, 5.74) is 2.84. The lowest BCUT2D eigenvalue weighted by molar-refractivity contribution is 0.295. The molecule has 0 aliphatic carbocycles. The molecule has 2 N–H and O–H groups in total. The van der Waals surface area contributed by atoms with Gasteiger partial charge in [-0.1, -0.05) is 6.07 Å². The van der Waals surface area contributed by atoms with E-state index in [1.165, 1.54) is 0 Å². The molecule has 6 heteroatoms. The highest BCUT2D eigenvalue weighted by atomic mass is 16.4. The molecule has 0 saturated carbocycles. The van der Waals surface area contributed by atoms with Crippen molar-refractivity contribution in [1.82, 2.24) is 14.5 Å². The monoisotopic (exact) mass is 259 g/mol. The van der Waals surface area contributed by atoms with Crippen LogP contribution in [0.15, 0.2) is 33.6 Å². The average molecular weight is 259 g/mol. The van der Waals surface area contributed by atoms with Crippen molar-refractivity contribution >= 4 is 11.1 Å². The van der Waals surface area contributed by atoms with Crippen molar-refractivity contribution in [3.8, 4) is 11.3 Å². The van der Waals surface area contributed by atoms with Crippen LogP contribution in [0.5, 0.6) is 0 Å². The van der Waals surface area contributed by atoms with Gasteiger partial charge in [-0.25, -0.2) is 9.78 Å². The van der Waals surface area contributed by atoms with E-state index in [0.29, 0.717) is 17.5 Å². The summed E-state index contributed by atoms with van der Waals surface area (Å²) in [7, 11) is 1.89. The normalized spacial score (nSPS) is 11.3. The van der Waals surface area contributed by atoms with Crippen molar-refractivity contribution in [2.45, 2.75) is 6.42 Å². The Labute approximate surface area is 108 Å². The minimum absolute atomic E-state index is 0.0655. The van der Waals surface area contributed by atoms with Crippen molar-refractivity contribution < 1.29 is 9.52 Å². The summed E-state index contributed by atoms with van der Waals surface area (Å²) in [6.07, 6.45) is 2.40. The predicted molar refractivity (Wildman–Crippen MR) is 69.8 cm³/mol. The Hall–Kier alpha value is -2.34. The SMILES string of the molecule is Cn1cc(-c2ccc3[nH]c(=O)oc3c2)nc1CCO. The molecule has 0 aliphatic rings. The van der Waals surface area contributed by atoms with Gasteiger partial charge in [0.2, 0.25) is 0 Å². The number of oxazole rings is 1. The zero-order chi connectivity index (χ0) is 13.4. The Bertz CT molecular complexity index is 782. The lowest BCUT2D eigenvalue weighted by Gasteiger charge is -1.95. The molecule has 3 aromatic rings. The molecule has 0 aliphatic heterocycles. The van der Waals surface area contributed by atoms with Crippen molar-refractivity contribution in [1.29, 1.82) is 0 Å². The van der Waals surface area contributed by atoms with Crippen molar-refractivity contribution in [2.75, 3.05) is 6.61 Å². The van der Waals surface area contributed by atoms with Crippen LogP contribution in [0, 0.1) is 0 Å². The maximum Gasteiger partial charge on any atom is 0.417 e. The Morgan fingerprint density at radius 2 is 2.32 bits per heavy atom. The fourth-order valence-electron chi connectivity index (χ4n) is 2.08. The molecule has 2 heterocycles. The topological polar surface area (TPSA) is 84.0 Å². The van der Waals surface area contributed by atoms with Gasteiger partial charge in [0.1, 0.15) is 5.82 Å². The number of aromatic amines is 1. The van der Waals surface area contributed by atoms with Crippen LogP contribution >= 0.6 is 0 Å². The summed E-state index contributed by atoms with van der Waals surface area (Å²) >= 11 is 0. The number of aromatic nitrogens is 3. The van der Waals surface area contributed by atoms with E-state index >= 15 is 0 Å². The van der Waals surface area contributed by atoms with Crippen LogP contribution in [0.3, 0.4) is 0 Å². The van der Waals surface area contributed by atoms with Crippen LogP contribution in [0.1, 0.15) is 5.82 Å². The number of benzene rings is 1. The summed E-state index contributed by atoms with van der Waals surface area (Å²) in [4.78, 5) is 18.2. The first-order valence-corrected chi connectivity index (χ1v) is 5.94. The first kappa shape index (κ1) is 11.7. The molecule has 1 aromatic carbocycles. The number of nitrogens with one attached hydrogen (secondary N) is 1. The molecule has 0 fully saturated rings. The van der Waals surface area contributed by atoms with Crippen LogP contribution < -0.4 is 5.76 Å². The van der Waals surface area contributed by atoms with Gasteiger partial charge < -0.3 is 14.1 Å². The largest absolute Gasteiger partial charge is 0.417 e. The minimum atomic E-state index is -0.464. The molecule has 98 valence electrons. The molecule has 0 radical (unpaired) electrons. The Morgan fingerprint density at radius 1 is 1.47 bits per heavy atom. The average Bonchev–Trinajstić information content (AvgIpc) is 2.91. The second-order valence-electron chi connectivity index (χ2n) is 4.35. The van der Waals surface area contributed by atoms with E-state index < -0.39 is 5.76 Å². The molecule has 19 heavy (non-hydrogen) atoms. The standard InChI is InChI=1S/C13H13N3O3/c1-16-7-10(14-12(16)4-5-17)8-2-3-9-11(6-8)19-13(18)15-9/h2-3,6-7,17H,4-5H2,1H3,(H,15,18). The Kier molecular flexibility index (Phi) is 2.72. The van der Waals surface area contributed by atoms with Gasteiger partial charge >= 0.3 is 5.76 Å². The quantitative estimate of drug-likeness (QED) is 0.736. The molecule has 6 nitrogen and oxygen atoms in total. The number of aryl methyl sites for hydroxylation is 1. The van der Waals surface area contributed by atoms with E-state index in [1.54, 1.807) is 12.1 Å². The van der Waals surface area contributed by atoms with Crippen LogP contribution in [-0.4, -0.2) is 26.2 Å². The highest BCUT2D eigenvalue weighted by Crippen LogP contribution is 2.22. The summed E-state index contributed by atoms with van der Waals surface area (Å²) in [5, 5.41) is 8.96. The summed E-state index contributed by atoms with van der Waals surface area (Å²) < 4.78 is 6.91. The maximum atomic E-state index is 11.1. The van der Waals surface area contributed by atoms with Gasteiger partial charge in [0.25, 0.3) is 0 Å². The van der Waals surface area contributed by atoms with E-state index in [0.717, 1.165) is 17.1 Å². The molecular formula is C13H13N3O3. The number of H-pyrrole nitrogens is 1. The van der Waals surface area contributed by atoms with Gasteiger partial charge in [-0.2, -0.15) is 0 Å². The van der Waals surface area contributed by atoms with E-state index in [9.17, 15) is 4.79 Å². The van der Waals surface area contributed by atoms with Gasteiger partial charge in [0, 0.05) is 25.2 Å². The van der Waals surface area contributed by atoms with E-state index in [2.05, 4.69) is 9.97 Å². The van der Waals surface area contributed by atoms with Gasteiger partial charge in [0.05, 0.1) is 17.8 Å². The third-order valence-corrected chi connectivity index (χ3v) is 3.02. The lowest BCUT2D eigenvalue weighted by Crippen LogP contribution is -1.99. The van der Waals surface area contributed by atoms with Gasteiger partial charge in [0.15, 0.2) is 5.58 Å². The van der Waals surface area contributed by atoms with E-state index in [1.807, 2.05) is 23.9 Å². The number of imidazole rings is 1. The predicted octanol–water partition coefficient (Wildman–Crippen LogP) is 1.06. The first-order chi connectivity index (χ1) is 9.17. The van der Waals surface area contributed by atoms with Gasteiger partial charge in [-0.3, -0.25) is 4.98 Å². The fourth-order valence-corrected chi connectivity index (χ4v) is 2.08. The third-order valence-electron chi connectivity index (χ3n) is 3.02. The van der Waals surface area contributed by atoms with Crippen LogP contribution in [-0.2, 0) is 13.5 Å². The number of nitrogens with zero attached hydrogens (tertiary/aromatic N) is 2. The molecular weight excluding hydrogens is 246 g/mol. The maximum absolute atomic E-state index is 11.1. The Morgan fingerprint density at radius 3 is 3.11 bits per heavy atom. The summed E-state index contributed by atoms with van der Waals surface area (Å²) in [6, 6.07) is 5.44. The van der Waals surface area contributed by atoms with Crippen LogP contribution in [0.2, 0.25) is 0 Å². The number of fused-ring (bicyclic) bond motifs is 1. The molecule has 0 unspecified atom stereocenters. The molecule has 0 bridgehead atoms. The zero-order valence-corrected chi connectivity index (χ0v) is 10.4. The highest BCUT2D eigenvalue weighted by Gasteiger charge is 2.09. The molecule has 0 atom stereocenters. The number of rotatable bonds is 3. The molecule has 2 aromatic heterocycles. The van der Waals surface area contributed by atoms with E-state index in [-0.39, 0.29) is 6.61 Å². The second kappa shape index (κ2) is 4.40. The van der Waals surface area contributed by atoms with Crippen molar-refractivity contribution in [3.05, 3.63) is 40.8 Å². The third kappa shape index (κ3) is 2.06. The lowest BCUT2D eigenvalue weighted by atomic mass is 10.1. The van der Waals surface area contributed by atoms with Crippen molar-refractivity contribution in [2.24, 2.45) is 7.05 Å². The number of hydrogen-bond donors (Lipinski definition) is 2. The summed E-state index contributed by atoms with van der Waals surface area (Å²) in [5.74, 6) is 0.349. The van der Waals surface area contributed by atoms with Gasteiger partial charge in [-0.15, -0.1) is 0 Å². The highest BCUT2D eigenvalue weighted by molar-refractivity contribution is 5.78. The molecule has 0 spiro atoms. The number of aliphatic hydroxyl groups excluding tert-OH is 1. The zero-order valence-electron chi connectivity index (χ0n) is 10.4. The number of hydrogen-bond acceptors (Lipinski definition) is 4. The molecule has 0 saturated heterocycles. The van der Waals surface area contributed by atoms with Crippen molar-refractivity contribution in [3.63, 3.8) is 0 Å². The van der Waals surface area contributed by atoms with Gasteiger partial charge in [-0.05, 0) is 12.1 Å². The van der Waals surface area contributed by atoms with Crippen LogP contribution in [0.4, 0.5) is 0 Å². The second-order valence-corrected chi connectivity index (χ2v) is 4.35. The Balaban J connectivity index is 2.07. The number of aliphatic hydroxyl groups is 1.